The third kappa shape index (κ3) is 3.31. The van der Waals surface area contributed by atoms with Gasteiger partial charge in [-0.1, -0.05) is 17.8 Å². The Bertz CT molecular complexity index is 1140. The highest BCUT2D eigenvalue weighted by molar-refractivity contribution is 8.16. The number of hydrogen-bond donors (Lipinski definition) is 1. The maximum absolute atomic E-state index is 13.1. The third-order valence-electron chi connectivity index (χ3n) is 4.71. The van der Waals surface area contributed by atoms with E-state index < -0.39 is 17.6 Å². The Balaban J connectivity index is 1.78. The first kappa shape index (κ1) is 19.3. The molecule has 0 bridgehead atoms. The van der Waals surface area contributed by atoms with Crippen LogP contribution in [0, 0.1) is 19.3 Å². The van der Waals surface area contributed by atoms with Gasteiger partial charge in [0.2, 0.25) is 0 Å². The van der Waals surface area contributed by atoms with E-state index >= 15 is 0 Å². The van der Waals surface area contributed by atoms with Crippen molar-refractivity contribution in [2.24, 2.45) is 4.99 Å². The number of rotatable bonds is 2. The maximum atomic E-state index is 13.1. The molecule has 0 radical (unpaired) electrons. The van der Waals surface area contributed by atoms with E-state index in [0.29, 0.717) is 27.8 Å². The van der Waals surface area contributed by atoms with Crippen LogP contribution in [-0.4, -0.2) is 26.4 Å². The molecule has 2 aliphatic heterocycles. The van der Waals surface area contributed by atoms with Gasteiger partial charge in [0.25, 0.3) is 5.91 Å². The van der Waals surface area contributed by atoms with Crippen LogP contribution >= 0.6 is 11.8 Å². The molecule has 29 heavy (non-hydrogen) atoms. The summed E-state index contributed by atoms with van der Waals surface area (Å²) in [6.45, 7) is 3.54. The molecular weight excluding hydrogens is 401 g/mol. The monoisotopic (exact) mass is 416 g/mol. The second-order valence-electron chi connectivity index (χ2n) is 6.59. The molecule has 1 aromatic heterocycles. The summed E-state index contributed by atoms with van der Waals surface area (Å²) < 4.78 is 41.0. The highest BCUT2D eigenvalue weighted by Gasteiger charge is 2.32. The van der Waals surface area contributed by atoms with Crippen LogP contribution in [0.4, 0.5) is 13.2 Å². The van der Waals surface area contributed by atoms with Gasteiger partial charge in [-0.05, 0) is 55.2 Å². The van der Waals surface area contributed by atoms with Gasteiger partial charge in [-0.2, -0.15) is 18.2 Å². The standard InChI is InChI=1S/C20H15F3N4OS/c1-11-8-13(9-16-17(24)26-6-7-29-19(26)25-18(16)28)12(2)27(11)15-5-3-4-14(10-15)20(21,22)23/h3-10,24H,1-2H3. The smallest absolute Gasteiger partial charge is 0.318 e. The van der Waals surface area contributed by atoms with Gasteiger partial charge in [0.15, 0.2) is 5.17 Å². The lowest BCUT2D eigenvalue weighted by molar-refractivity contribution is -0.137. The van der Waals surface area contributed by atoms with Crippen molar-refractivity contribution in [3.63, 3.8) is 0 Å². The molecule has 3 heterocycles. The van der Waals surface area contributed by atoms with Crippen LogP contribution < -0.4 is 0 Å². The van der Waals surface area contributed by atoms with Crippen molar-refractivity contribution in [2.75, 3.05) is 0 Å². The van der Waals surface area contributed by atoms with Crippen molar-refractivity contribution in [1.82, 2.24) is 9.47 Å². The molecule has 1 N–H and O–H groups in total. The zero-order valence-corrected chi connectivity index (χ0v) is 16.2. The number of aryl methyl sites for hydroxylation is 1. The Morgan fingerprint density at radius 1 is 1.21 bits per heavy atom. The number of nitrogens with one attached hydrogen (secondary N) is 1. The van der Waals surface area contributed by atoms with Crippen molar-refractivity contribution in [1.29, 1.82) is 5.41 Å². The maximum Gasteiger partial charge on any atom is 0.416 e. The molecule has 0 spiro atoms. The highest BCUT2D eigenvalue weighted by atomic mass is 32.2. The number of hydrogen-bond acceptors (Lipinski definition) is 3. The van der Waals surface area contributed by atoms with Crippen molar-refractivity contribution < 1.29 is 18.0 Å². The predicted molar refractivity (Wildman–Crippen MR) is 107 cm³/mol. The molecular formula is C20H15F3N4OS. The number of aromatic nitrogens is 1. The van der Waals surface area contributed by atoms with E-state index in [4.69, 9.17) is 5.41 Å². The second-order valence-corrected chi connectivity index (χ2v) is 7.46. The predicted octanol–water partition coefficient (Wildman–Crippen LogP) is 4.89. The fraction of sp³-hybridized carbons (Fsp3) is 0.150. The molecule has 0 atom stereocenters. The molecule has 1 aromatic carbocycles. The topological polar surface area (TPSA) is 61.5 Å². The fourth-order valence-corrected chi connectivity index (χ4v) is 4.04. The summed E-state index contributed by atoms with van der Waals surface area (Å²) in [5.41, 5.74) is 1.79. The quantitative estimate of drug-likeness (QED) is 0.709. The minimum Gasteiger partial charge on any atom is -0.318 e. The number of alkyl halides is 3. The Kier molecular flexibility index (Phi) is 4.49. The molecule has 9 heteroatoms. The van der Waals surface area contributed by atoms with E-state index in [1.165, 1.54) is 22.7 Å². The summed E-state index contributed by atoms with van der Waals surface area (Å²) >= 11 is 1.26. The first-order chi connectivity index (χ1) is 13.7. The normalized spacial score (nSPS) is 17.9. The van der Waals surface area contributed by atoms with Crippen molar-refractivity contribution >= 4 is 34.7 Å². The van der Waals surface area contributed by atoms with Gasteiger partial charge in [-0.25, -0.2) is 0 Å². The van der Waals surface area contributed by atoms with Gasteiger partial charge < -0.3 is 4.57 Å². The number of aliphatic imine (C=N–C) groups is 1. The average molecular weight is 416 g/mol. The number of thioether (sulfide) groups is 1. The highest BCUT2D eigenvalue weighted by Crippen LogP contribution is 2.32. The number of amides is 1. The molecule has 5 nitrogen and oxygen atoms in total. The van der Waals surface area contributed by atoms with Crippen LogP contribution in [0.25, 0.3) is 11.8 Å². The first-order valence-corrected chi connectivity index (χ1v) is 9.47. The van der Waals surface area contributed by atoms with Crippen LogP contribution in [0.15, 0.2) is 52.5 Å². The van der Waals surface area contributed by atoms with Crippen molar-refractivity contribution in [3.8, 4) is 5.69 Å². The number of nitrogens with zero attached hydrogens (tertiary/aromatic N) is 3. The van der Waals surface area contributed by atoms with Gasteiger partial charge in [-0.15, -0.1) is 0 Å². The van der Waals surface area contributed by atoms with Crippen LogP contribution in [-0.2, 0) is 11.0 Å². The lowest BCUT2D eigenvalue weighted by Gasteiger charge is -2.22. The Hall–Kier alpha value is -3.07. The first-order valence-electron chi connectivity index (χ1n) is 8.59. The van der Waals surface area contributed by atoms with E-state index in [1.807, 2.05) is 0 Å². The summed E-state index contributed by atoms with van der Waals surface area (Å²) in [5, 5.41) is 10.5. The summed E-state index contributed by atoms with van der Waals surface area (Å²) in [7, 11) is 0. The van der Waals surface area contributed by atoms with Gasteiger partial charge in [0.1, 0.15) is 5.84 Å². The second kappa shape index (κ2) is 6.77. The van der Waals surface area contributed by atoms with E-state index in [-0.39, 0.29) is 11.4 Å². The van der Waals surface area contributed by atoms with Crippen LogP contribution in [0.2, 0.25) is 0 Å². The minimum atomic E-state index is -4.43. The third-order valence-corrected chi connectivity index (χ3v) is 5.47. The summed E-state index contributed by atoms with van der Waals surface area (Å²) in [6, 6.07) is 6.86. The summed E-state index contributed by atoms with van der Waals surface area (Å²) in [4.78, 5) is 17.9. The number of benzene rings is 1. The average Bonchev–Trinajstić information content (AvgIpc) is 3.22. The number of carbonyl (C=O) groups excluding carboxylic acids is 1. The van der Waals surface area contributed by atoms with Gasteiger partial charge in [0.05, 0.1) is 11.1 Å². The van der Waals surface area contributed by atoms with Gasteiger partial charge in [-0.3, -0.25) is 15.1 Å². The molecule has 0 aliphatic carbocycles. The number of halogens is 3. The van der Waals surface area contributed by atoms with E-state index in [1.54, 1.807) is 48.2 Å². The molecule has 2 aromatic rings. The van der Waals surface area contributed by atoms with Crippen LogP contribution in [0.1, 0.15) is 22.5 Å². The van der Waals surface area contributed by atoms with Gasteiger partial charge >= 0.3 is 6.18 Å². The molecule has 2 aliphatic rings. The molecule has 4 rings (SSSR count). The SMILES string of the molecule is Cc1cc(C=C2C(=N)N3C=CSC3=NC2=O)c(C)n1-c1cccc(C(F)(F)F)c1. The van der Waals surface area contributed by atoms with Crippen LogP contribution in [0.5, 0.6) is 0 Å². The molecule has 148 valence electrons. The van der Waals surface area contributed by atoms with E-state index in [9.17, 15) is 18.0 Å². The minimum absolute atomic E-state index is 0.0186. The molecule has 0 fully saturated rings. The Morgan fingerprint density at radius 3 is 2.69 bits per heavy atom. The lowest BCUT2D eigenvalue weighted by Crippen LogP contribution is -2.35. The Labute approximate surface area is 168 Å². The number of carbonyl (C=O) groups is 1. The molecule has 0 unspecified atom stereocenters. The lowest BCUT2D eigenvalue weighted by atomic mass is 10.1. The van der Waals surface area contributed by atoms with Crippen molar-refractivity contribution in [2.45, 2.75) is 20.0 Å². The zero-order valence-electron chi connectivity index (χ0n) is 15.4. The largest absolute Gasteiger partial charge is 0.416 e. The van der Waals surface area contributed by atoms with E-state index in [2.05, 4.69) is 4.99 Å². The number of amidine groups is 2. The summed E-state index contributed by atoms with van der Waals surface area (Å²) in [5.74, 6) is -0.494. The zero-order chi connectivity index (χ0) is 20.9. The molecule has 0 saturated heterocycles. The number of fused-ring (bicyclic) bond motifs is 1. The van der Waals surface area contributed by atoms with Crippen LogP contribution in [0.3, 0.4) is 0 Å². The van der Waals surface area contributed by atoms with E-state index in [0.717, 1.165) is 12.1 Å². The molecule has 0 saturated carbocycles. The van der Waals surface area contributed by atoms with Gasteiger partial charge in [0, 0.05) is 23.3 Å². The molecule has 1 amide bonds. The Morgan fingerprint density at radius 2 is 1.97 bits per heavy atom. The fourth-order valence-electron chi connectivity index (χ4n) is 3.34. The summed E-state index contributed by atoms with van der Waals surface area (Å²) in [6.07, 6.45) is -1.21. The van der Waals surface area contributed by atoms with Crippen molar-refractivity contribution in [3.05, 3.63) is 70.0 Å².